The number of rotatable bonds is 5. The van der Waals surface area contributed by atoms with Gasteiger partial charge in [0.1, 0.15) is 12.2 Å². The van der Waals surface area contributed by atoms with Gasteiger partial charge in [0.2, 0.25) is 0 Å². The molecule has 10 heteroatoms. The van der Waals surface area contributed by atoms with Gasteiger partial charge in [-0.2, -0.15) is 13.2 Å². The van der Waals surface area contributed by atoms with Crippen LogP contribution in [0.25, 0.3) is 0 Å². The molecule has 1 aliphatic carbocycles. The fraction of sp³-hybridized carbons (Fsp3) is 0.444. The molecule has 1 amide bonds. The predicted molar refractivity (Wildman–Crippen MR) is 128 cm³/mol. The van der Waals surface area contributed by atoms with Crippen molar-refractivity contribution in [3.63, 3.8) is 0 Å². The Morgan fingerprint density at radius 1 is 1.19 bits per heavy atom. The molecular weight excluding hydrogens is 485 g/mol. The van der Waals surface area contributed by atoms with Gasteiger partial charge in [-0.3, -0.25) is 4.79 Å². The standard InChI is InChI=1S/C27H27F3N4O3/c1-33-16-31-32-24(33)26(14-25(15-26)7-4-8-37-25)18-5-3-6-19(11-18)34-12-21-20(23(34)35)9-17(13-36-2)10-22(21)27(28,29)30/h3,5-6,9-11,16H,4,7-8,12-15H2,1-2H3. The van der Waals surface area contributed by atoms with Crippen LogP contribution in [0.2, 0.25) is 0 Å². The number of methoxy groups -OCH3 is 1. The van der Waals surface area contributed by atoms with Crippen LogP contribution < -0.4 is 4.90 Å². The first-order valence-corrected chi connectivity index (χ1v) is 12.3. The third-order valence-electron chi connectivity index (χ3n) is 8.00. The molecule has 6 rings (SSSR count). The summed E-state index contributed by atoms with van der Waals surface area (Å²) in [6.07, 6.45) is 0.560. The van der Waals surface area contributed by atoms with Crippen molar-refractivity contribution < 1.29 is 27.4 Å². The lowest BCUT2D eigenvalue weighted by Gasteiger charge is -2.53. The van der Waals surface area contributed by atoms with Crippen molar-refractivity contribution in [2.45, 2.75) is 56.0 Å². The van der Waals surface area contributed by atoms with Crippen molar-refractivity contribution in [1.82, 2.24) is 14.8 Å². The number of nitrogens with zero attached hydrogens (tertiary/aromatic N) is 4. The molecular formula is C27H27F3N4O3. The van der Waals surface area contributed by atoms with E-state index in [1.165, 1.54) is 18.1 Å². The molecule has 3 aliphatic rings. The van der Waals surface area contributed by atoms with Crippen LogP contribution >= 0.6 is 0 Å². The van der Waals surface area contributed by atoms with Crippen LogP contribution in [0.1, 0.15) is 64.1 Å². The van der Waals surface area contributed by atoms with Crippen molar-refractivity contribution in [1.29, 1.82) is 0 Å². The molecule has 0 atom stereocenters. The van der Waals surface area contributed by atoms with E-state index < -0.39 is 23.1 Å². The fourth-order valence-electron chi connectivity index (χ4n) is 6.44. The van der Waals surface area contributed by atoms with Crippen molar-refractivity contribution in [3.8, 4) is 0 Å². The summed E-state index contributed by atoms with van der Waals surface area (Å²) in [6, 6.07) is 10.1. The van der Waals surface area contributed by atoms with E-state index in [4.69, 9.17) is 9.47 Å². The molecule has 2 fully saturated rings. The molecule has 1 aromatic heterocycles. The number of alkyl halides is 3. The fourth-order valence-corrected chi connectivity index (χ4v) is 6.44. The zero-order valence-electron chi connectivity index (χ0n) is 20.6. The molecule has 0 radical (unpaired) electrons. The number of hydrogen-bond acceptors (Lipinski definition) is 5. The van der Waals surface area contributed by atoms with Gasteiger partial charge >= 0.3 is 6.18 Å². The number of ether oxygens (including phenoxy) is 2. The van der Waals surface area contributed by atoms with Gasteiger partial charge in [-0.25, -0.2) is 0 Å². The van der Waals surface area contributed by atoms with Crippen molar-refractivity contribution in [3.05, 3.63) is 76.4 Å². The number of aryl methyl sites for hydroxylation is 1. The SMILES string of the molecule is COCc1cc2c(c(C(F)(F)F)c1)CN(c1cccc(C3(c4nncn4C)CC4(CCCO4)C3)c1)C2=O. The number of anilines is 1. The molecule has 3 heterocycles. The summed E-state index contributed by atoms with van der Waals surface area (Å²) in [4.78, 5) is 14.9. The van der Waals surface area contributed by atoms with Crippen LogP contribution in [0, 0.1) is 0 Å². The maximum absolute atomic E-state index is 13.9. The van der Waals surface area contributed by atoms with Crippen molar-refractivity contribution in [2.24, 2.45) is 7.05 Å². The molecule has 2 aliphatic heterocycles. The summed E-state index contributed by atoms with van der Waals surface area (Å²) in [5.41, 5.74) is 0.432. The molecule has 3 aromatic rings. The third kappa shape index (κ3) is 3.76. The smallest absolute Gasteiger partial charge is 0.380 e. The lowest BCUT2D eigenvalue weighted by Crippen LogP contribution is -2.56. The molecule has 0 bridgehead atoms. The number of aromatic nitrogens is 3. The molecule has 1 saturated carbocycles. The van der Waals surface area contributed by atoms with Gasteiger partial charge in [0.15, 0.2) is 0 Å². The Bertz CT molecular complexity index is 1370. The second-order valence-electron chi connectivity index (χ2n) is 10.4. The Morgan fingerprint density at radius 2 is 2.00 bits per heavy atom. The van der Waals surface area contributed by atoms with Crippen LogP contribution in [0.5, 0.6) is 0 Å². The number of halogens is 3. The zero-order valence-corrected chi connectivity index (χ0v) is 20.6. The number of carbonyl (C=O) groups is 1. The molecule has 1 spiro atoms. The lowest BCUT2D eigenvalue weighted by molar-refractivity contribution is -0.138. The second-order valence-corrected chi connectivity index (χ2v) is 10.4. The van der Waals surface area contributed by atoms with Gasteiger partial charge in [0, 0.05) is 32.0 Å². The van der Waals surface area contributed by atoms with Crippen LogP contribution in [-0.2, 0) is 41.3 Å². The van der Waals surface area contributed by atoms with E-state index in [9.17, 15) is 18.0 Å². The Morgan fingerprint density at radius 3 is 2.65 bits per heavy atom. The first kappa shape index (κ1) is 24.1. The van der Waals surface area contributed by atoms with E-state index >= 15 is 0 Å². The Balaban J connectivity index is 1.39. The molecule has 2 aromatic carbocycles. The van der Waals surface area contributed by atoms with Gasteiger partial charge in [0.25, 0.3) is 5.91 Å². The highest BCUT2D eigenvalue weighted by Gasteiger charge is 2.60. The van der Waals surface area contributed by atoms with Gasteiger partial charge < -0.3 is 18.9 Å². The van der Waals surface area contributed by atoms with Crippen LogP contribution in [0.15, 0.2) is 42.7 Å². The summed E-state index contributed by atoms with van der Waals surface area (Å²) in [6.45, 7) is 0.578. The third-order valence-corrected chi connectivity index (χ3v) is 8.00. The summed E-state index contributed by atoms with van der Waals surface area (Å²) in [7, 11) is 3.31. The van der Waals surface area contributed by atoms with Crippen LogP contribution in [-0.4, -0.2) is 40.0 Å². The van der Waals surface area contributed by atoms with Crippen LogP contribution in [0.3, 0.4) is 0 Å². The van der Waals surface area contributed by atoms with E-state index in [-0.39, 0.29) is 29.9 Å². The highest BCUT2D eigenvalue weighted by molar-refractivity contribution is 6.10. The topological polar surface area (TPSA) is 69.5 Å². The Hall–Kier alpha value is -3.24. The monoisotopic (exact) mass is 512 g/mol. The minimum absolute atomic E-state index is 0.00674. The van der Waals surface area contributed by atoms with E-state index in [1.807, 2.05) is 29.8 Å². The second kappa shape index (κ2) is 8.39. The number of amides is 1. The normalized spacial score (nSPS) is 25.1. The number of hydrogen-bond donors (Lipinski definition) is 0. The highest BCUT2D eigenvalue weighted by atomic mass is 19.4. The van der Waals surface area contributed by atoms with Crippen LogP contribution in [0.4, 0.5) is 18.9 Å². The summed E-state index contributed by atoms with van der Waals surface area (Å²) in [5.74, 6) is 0.359. The lowest BCUT2D eigenvalue weighted by atomic mass is 9.54. The average Bonchev–Trinajstić information content (AvgIpc) is 3.57. The Labute approximate surface area is 212 Å². The van der Waals surface area contributed by atoms with Crippen molar-refractivity contribution >= 4 is 11.6 Å². The zero-order chi connectivity index (χ0) is 26.0. The van der Waals surface area contributed by atoms with Gasteiger partial charge in [-0.05, 0) is 66.6 Å². The first-order chi connectivity index (χ1) is 17.7. The largest absolute Gasteiger partial charge is 0.416 e. The molecule has 37 heavy (non-hydrogen) atoms. The van der Waals surface area contributed by atoms with E-state index in [1.54, 1.807) is 12.4 Å². The average molecular weight is 513 g/mol. The first-order valence-electron chi connectivity index (χ1n) is 12.3. The molecule has 0 unspecified atom stereocenters. The number of carbonyl (C=O) groups excluding carboxylic acids is 1. The molecule has 1 saturated heterocycles. The van der Waals surface area contributed by atoms with E-state index in [0.717, 1.165) is 49.7 Å². The predicted octanol–water partition coefficient (Wildman–Crippen LogP) is 4.77. The quantitative estimate of drug-likeness (QED) is 0.493. The summed E-state index contributed by atoms with van der Waals surface area (Å²) >= 11 is 0. The number of fused-ring (bicyclic) bond motifs is 1. The molecule has 0 N–H and O–H groups in total. The number of benzene rings is 2. The molecule has 7 nitrogen and oxygen atoms in total. The Kier molecular flexibility index (Phi) is 5.47. The van der Waals surface area contributed by atoms with Gasteiger partial charge in [-0.15, -0.1) is 10.2 Å². The summed E-state index contributed by atoms with van der Waals surface area (Å²) in [5, 5.41) is 8.52. The minimum Gasteiger partial charge on any atom is -0.380 e. The highest BCUT2D eigenvalue weighted by Crippen LogP contribution is 2.59. The summed E-state index contributed by atoms with van der Waals surface area (Å²) < 4.78 is 54.9. The maximum atomic E-state index is 13.9. The van der Waals surface area contributed by atoms with E-state index in [0.29, 0.717) is 11.3 Å². The van der Waals surface area contributed by atoms with Crippen molar-refractivity contribution in [2.75, 3.05) is 18.6 Å². The minimum atomic E-state index is -4.58. The van der Waals surface area contributed by atoms with Gasteiger partial charge in [0.05, 0.1) is 29.7 Å². The van der Waals surface area contributed by atoms with E-state index in [2.05, 4.69) is 10.2 Å². The molecule has 194 valence electrons. The maximum Gasteiger partial charge on any atom is 0.416 e. The van der Waals surface area contributed by atoms with Gasteiger partial charge in [-0.1, -0.05) is 12.1 Å².